The average Bonchev–Trinajstić information content (AvgIpc) is 2.58. The van der Waals surface area contributed by atoms with E-state index >= 15 is 0 Å². The number of piperazine rings is 1. The molecule has 0 spiro atoms. The van der Waals surface area contributed by atoms with Crippen molar-refractivity contribution in [2.24, 2.45) is 0 Å². The van der Waals surface area contributed by atoms with Gasteiger partial charge in [-0.1, -0.05) is 12.1 Å². The second-order valence-corrected chi connectivity index (χ2v) is 5.37. The fourth-order valence-corrected chi connectivity index (χ4v) is 2.57. The van der Waals surface area contributed by atoms with E-state index in [-0.39, 0.29) is 5.91 Å². The fraction of sp³-hybridized carbons (Fsp3) is 0.312. The zero-order valence-corrected chi connectivity index (χ0v) is 12.4. The van der Waals surface area contributed by atoms with Gasteiger partial charge < -0.3 is 15.5 Å². The number of nitrogen functional groups attached to an aromatic ring is 1. The number of nitrogens with two attached hydrogens (primary N) is 1. The molecule has 2 heterocycles. The topological polar surface area (TPSA) is 75.4 Å². The minimum atomic E-state index is 0.156. The van der Waals surface area contributed by atoms with E-state index in [0.717, 1.165) is 24.5 Å². The predicted octanol–water partition coefficient (Wildman–Crippen LogP) is 0.950. The van der Waals surface area contributed by atoms with Crippen LogP contribution in [-0.4, -0.2) is 47.2 Å². The van der Waals surface area contributed by atoms with E-state index in [0.29, 0.717) is 25.2 Å². The zero-order chi connectivity index (χ0) is 15.4. The minimum absolute atomic E-state index is 0.156. The van der Waals surface area contributed by atoms with Gasteiger partial charge in [-0.15, -0.1) is 5.10 Å². The van der Waals surface area contributed by atoms with Gasteiger partial charge in [-0.3, -0.25) is 4.79 Å². The molecule has 0 unspecified atom stereocenters. The van der Waals surface area contributed by atoms with E-state index in [1.165, 1.54) is 0 Å². The van der Waals surface area contributed by atoms with Crippen LogP contribution in [0.2, 0.25) is 0 Å². The molecule has 1 saturated heterocycles. The molecule has 0 radical (unpaired) electrons. The van der Waals surface area contributed by atoms with Gasteiger partial charge in [0.1, 0.15) is 0 Å². The Morgan fingerprint density at radius 2 is 1.82 bits per heavy atom. The highest BCUT2D eigenvalue weighted by Gasteiger charge is 2.21. The molecule has 0 aliphatic carbocycles. The Morgan fingerprint density at radius 3 is 2.45 bits per heavy atom. The molecule has 2 aromatic rings. The van der Waals surface area contributed by atoms with E-state index < -0.39 is 0 Å². The third-order valence-electron chi connectivity index (χ3n) is 3.85. The summed E-state index contributed by atoms with van der Waals surface area (Å²) in [5, 5.41) is 8.00. The maximum atomic E-state index is 12.3. The monoisotopic (exact) mass is 297 g/mol. The van der Waals surface area contributed by atoms with E-state index in [1.54, 1.807) is 6.20 Å². The molecule has 6 nitrogen and oxygen atoms in total. The highest BCUT2D eigenvalue weighted by molar-refractivity contribution is 5.79. The van der Waals surface area contributed by atoms with Crippen LogP contribution in [0.3, 0.4) is 0 Å². The van der Waals surface area contributed by atoms with Crippen LogP contribution in [0.1, 0.15) is 5.56 Å². The molecule has 3 rings (SSSR count). The Hall–Kier alpha value is -2.63. The van der Waals surface area contributed by atoms with Crippen LogP contribution in [0.5, 0.6) is 0 Å². The number of hydrogen-bond acceptors (Lipinski definition) is 5. The molecule has 6 heteroatoms. The molecule has 1 amide bonds. The van der Waals surface area contributed by atoms with Crippen molar-refractivity contribution in [3.05, 3.63) is 48.2 Å². The summed E-state index contributed by atoms with van der Waals surface area (Å²) < 4.78 is 0. The van der Waals surface area contributed by atoms with Gasteiger partial charge in [0.15, 0.2) is 5.82 Å². The lowest BCUT2D eigenvalue weighted by Gasteiger charge is -2.35. The van der Waals surface area contributed by atoms with Crippen LogP contribution in [0.15, 0.2) is 42.6 Å². The first-order chi connectivity index (χ1) is 10.7. The van der Waals surface area contributed by atoms with Gasteiger partial charge in [0.25, 0.3) is 0 Å². The molecule has 0 saturated carbocycles. The van der Waals surface area contributed by atoms with Gasteiger partial charge in [0.2, 0.25) is 5.91 Å². The summed E-state index contributed by atoms with van der Waals surface area (Å²) >= 11 is 0. The molecule has 114 valence electrons. The first-order valence-corrected chi connectivity index (χ1v) is 7.37. The molecule has 2 N–H and O–H groups in total. The number of rotatable bonds is 3. The van der Waals surface area contributed by atoms with E-state index in [4.69, 9.17) is 5.73 Å². The first-order valence-electron chi connectivity index (χ1n) is 7.37. The Labute approximate surface area is 129 Å². The van der Waals surface area contributed by atoms with Gasteiger partial charge in [-0.05, 0) is 29.8 Å². The SMILES string of the molecule is Nc1ccc(CC(=O)N2CCN(c3cccnn3)CC2)cc1. The van der Waals surface area contributed by atoms with Crippen LogP contribution < -0.4 is 10.6 Å². The summed E-state index contributed by atoms with van der Waals surface area (Å²) in [7, 11) is 0. The van der Waals surface area contributed by atoms with E-state index in [1.807, 2.05) is 41.3 Å². The van der Waals surface area contributed by atoms with Crippen LogP contribution in [0.4, 0.5) is 11.5 Å². The Bertz CT molecular complexity index is 621. The normalized spacial score (nSPS) is 14.9. The molecule has 1 aliphatic rings. The highest BCUT2D eigenvalue weighted by Crippen LogP contribution is 2.13. The van der Waals surface area contributed by atoms with Gasteiger partial charge in [0.05, 0.1) is 6.42 Å². The summed E-state index contributed by atoms with van der Waals surface area (Å²) in [6.45, 7) is 2.99. The lowest BCUT2D eigenvalue weighted by molar-refractivity contribution is -0.130. The number of carbonyl (C=O) groups is 1. The summed E-state index contributed by atoms with van der Waals surface area (Å²) in [4.78, 5) is 16.4. The third-order valence-corrected chi connectivity index (χ3v) is 3.85. The average molecular weight is 297 g/mol. The van der Waals surface area contributed by atoms with Gasteiger partial charge >= 0.3 is 0 Å². The number of benzene rings is 1. The van der Waals surface area contributed by atoms with Crippen molar-refractivity contribution in [3.63, 3.8) is 0 Å². The molecule has 1 aromatic carbocycles. The quantitative estimate of drug-likeness (QED) is 0.854. The molecule has 0 bridgehead atoms. The lowest BCUT2D eigenvalue weighted by Crippen LogP contribution is -2.49. The summed E-state index contributed by atoms with van der Waals surface area (Å²) in [6, 6.07) is 11.3. The number of amides is 1. The smallest absolute Gasteiger partial charge is 0.227 e. The number of carbonyl (C=O) groups excluding carboxylic acids is 1. The van der Waals surface area contributed by atoms with Gasteiger partial charge in [0, 0.05) is 38.1 Å². The Morgan fingerprint density at radius 1 is 1.09 bits per heavy atom. The second-order valence-electron chi connectivity index (χ2n) is 5.37. The molecule has 0 atom stereocenters. The van der Waals surface area contributed by atoms with Gasteiger partial charge in [-0.2, -0.15) is 5.10 Å². The molecule has 1 fully saturated rings. The maximum absolute atomic E-state index is 12.3. The Balaban J connectivity index is 1.54. The molecule has 1 aliphatic heterocycles. The summed E-state index contributed by atoms with van der Waals surface area (Å²) in [5.41, 5.74) is 7.37. The van der Waals surface area contributed by atoms with Crippen molar-refractivity contribution in [2.75, 3.05) is 36.8 Å². The third kappa shape index (κ3) is 3.33. The van der Waals surface area contributed by atoms with Crippen molar-refractivity contribution in [2.45, 2.75) is 6.42 Å². The molecule has 1 aromatic heterocycles. The van der Waals surface area contributed by atoms with Crippen molar-refractivity contribution < 1.29 is 4.79 Å². The summed E-state index contributed by atoms with van der Waals surface area (Å²) in [6.07, 6.45) is 2.08. The number of aromatic nitrogens is 2. The van der Waals surface area contributed by atoms with Crippen LogP contribution in [0, 0.1) is 0 Å². The highest BCUT2D eigenvalue weighted by atomic mass is 16.2. The predicted molar refractivity (Wildman–Crippen MR) is 85.4 cm³/mol. The lowest BCUT2D eigenvalue weighted by atomic mass is 10.1. The van der Waals surface area contributed by atoms with Crippen molar-refractivity contribution in [3.8, 4) is 0 Å². The van der Waals surface area contributed by atoms with E-state index in [9.17, 15) is 4.79 Å². The maximum Gasteiger partial charge on any atom is 0.227 e. The number of hydrogen-bond donors (Lipinski definition) is 1. The number of nitrogens with zero attached hydrogens (tertiary/aromatic N) is 4. The summed E-state index contributed by atoms with van der Waals surface area (Å²) in [5.74, 6) is 1.02. The fourth-order valence-electron chi connectivity index (χ4n) is 2.57. The van der Waals surface area contributed by atoms with Gasteiger partial charge in [-0.25, -0.2) is 0 Å². The molecular formula is C16H19N5O. The first kappa shape index (κ1) is 14.3. The Kier molecular flexibility index (Phi) is 4.18. The van der Waals surface area contributed by atoms with Crippen LogP contribution in [0.25, 0.3) is 0 Å². The molecule has 22 heavy (non-hydrogen) atoms. The van der Waals surface area contributed by atoms with Crippen LogP contribution in [-0.2, 0) is 11.2 Å². The largest absolute Gasteiger partial charge is 0.399 e. The standard InChI is InChI=1S/C16H19N5O/c17-14-5-3-13(4-6-14)12-16(22)21-10-8-20(9-11-21)15-2-1-7-18-19-15/h1-7H,8-12,17H2. The van der Waals surface area contributed by atoms with E-state index in [2.05, 4.69) is 15.1 Å². The second kappa shape index (κ2) is 6.43. The molecular weight excluding hydrogens is 278 g/mol. The van der Waals surface area contributed by atoms with Crippen molar-refractivity contribution in [1.29, 1.82) is 0 Å². The zero-order valence-electron chi connectivity index (χ0n) is 12.4. The minimum Gasteiger partial charge on any atom is -0.399 e. The number of anilines is 2. The van der Waals surface area contributed by atoms with Crippen LogP contribution >= 0.6 is 0 Å². The van der Waals surface area contributed by atoms with Crippen molar-refractivity contribution in [1.82, 2.24) is 15.1 Å². The van der Waals surface area contributed by atoms with Crippen molar-refractivity contribution >= 4 is 17.4 Å².